The average Bonchev–Trinajstić information content (AvgIpc) is 1.37. The zero-order valence-electron chi connectivity index (χ0n) is 75.7. The fourth-order valence-corrected chi connectivity index (χ4v) is 20.9. The number of hydrogen-bond donors (Lipinski definition) is 0. The first-order valence-electron chi connectivity index (χ1n) is 46.3. The van der Waals surface area contributed by atoms with Crippen LogP contribution in [0.15, 0.2) is 435 Å². The van der Waals surface area contributed by atoms with Gasteiger partial charge in [0.2, 0.25) is 0 Å². The molecule has 4 nitrogen and oxygen atoms in total. The van der Waals surface area contributed by atoms with Crippen LogP contribution in [-0.4, -0.2) is 36.6 Å². The summed E-state index contributed by atoms with van der Waals surface area (Å²) in [7, 11) is -0.851. The first-order valence-corrected chi connectivity index (χ1v) is 47.0. The highest BCUT2D eigenvalue weighted by Crippen LogP contribution is 2.51. The molecule has 133 heavy (non-hydrogen) atoms. The van der Waals surface area contributed by atoms with Crippen LogP contribution in [-0.2, 0) is 18.6 Å². The number of rotatable bonds is 10. The van der Waals surface area contributed by atoms with E-state index >= 15 is 0 Å². The van der Waals surface area contributed by atoms with E-state index in [1.807, 2.05) is 0 Å². The van der Waals surface area contributed by atoms with E-state index in [2.05, 4.69) is 502 Å². The third kappa shape index (κ3) is 15.0. The molecule has 2 aliphatic rings. The van der Waals surface area contributed by atoms with E-state index in [4.69, 9.17) is 18.6 Å². The van der Waals surface area contributed by atoms with Crippen LogP contribution in [0.5, 0.6) is 0 Å². The molecule has 636 valence electrons. The van der Waals surface area contributed by atoms with Crippen LogP contribution in [0.1, 0.15) is 55.4 Å². The van der Waals surface area contributed by atoms with E-state index in [1.54, 1.807) is 0 Å². The van der Waals surface area contributed by atoms with Gasteiger partial charge in [0.25, 0.3) is 0 Å². The lowest BCUT2D eigenvalue weighted by molar-refractivity contribution is 0.00578. The highest BCUT2D eigenvalue weighted by atomic mass is 79.9. The monoisotopic (exact) mass is 1770 g/mol. The number of hydrogen-bond acceptors (Lipinski definition) is 4. The van der Waals surface area contributed by atoms with Gasteiger partial charge in [-0.05, 0) is 345 Å². The van der Waals surface area contributed by atoms with Crippen molar-refractivity contribution in [2.45, 2.75) is 77.8 Å². The minimum absolute atomic E-state index is 0.397. The van der Waals surface area contributed by atoms with Gasteiger partial charge in [0.1, 0.15) is 0 Å². The van der Waals surface area contributed by atoms with Crippen LogP contribution in [0.2, 0.25) is 0 Å². The molecule has 0 spiro atoms. The minimum Gasteiger partial charge on any atom is -0.399 e. The Labute approximate surface area is 785 Å². The van der Waals surface area contributed by atoms with Crippen molar-refractivity contribution >= 4 is 170 Å². The normalized spacial score (nSPS) is 14.4. The molecule has 2 heterocycles. The molecule has 25 rings (SSSR count). The summed E-state index contributed by atoms with van der Waals surface area (Å²) < 4.78 is 27.0. The summed E-state index contributed by atoms with van der Waals surface area (Å²) in [5.74, 6) is 0. The predicted octanol–water partition coefficient (Wildman–Crippen LogP) is 33.6. The van der Waals surface area contributed by atoms with Crippen LogP contribution < -0.4 is 10.9 Å². The van der Waals surface area contributed by atoms with Crippen molar-refractivity contribution < 1.29 is 18.6 Å². The minimum atomic E-state index is -0.436. The number of fused-ring (bicyclic) bond motifs is 12. The largest absolute Gasteiger partial charge is 0.494 e. The van der Waals surface area contributed by atoms with Crippen molar-refractivity contribution in [3.63, 3.8) is 0 Å². The Morgan fingerprint density at radius 3 is 0.654 bits per heavy atom. The maximum atomic E-state index is 6.53. The van der Waals surface area contributed by atoms with Crippen molar-refractivity contribution in [3.05, 3.63) is 435 Å². The lowest BCUT2D eigenvalue weighted by Gasteiger charge is -2.32. The molecule has 23 aromatic carbocycles. The topological polar surface area (TPSA) is 36.9 Å². The van der Waals surface area contributed by atoms with Crippen molar-refractivity contribution in [1.82, 2.24) is 0 Å². The predicted molar refractivity (Wildman–Crippen MR) is 572 cm³/mol. The Kier molecular flexibility index (Phi) is 20.7. The first kappa shape index (κ1) is 83.0. The number of benzene rings is 23. The second-order valence-electron chi connectivity index (χ2n) is 37.9. The van der Waals surface area contributed by atoms with E-state index in [9.17, 15) is 0 Å². The SMILES string of the molecule is Brc1cccc(-c2ccc3c(-c4ccc5ccccc5c4)c4ccccc4c(-c4ccc5ccccc5c4)c3c2)c1.CC1(C)OB(c2ccc3c(-c4ccc5ccccc5c4)c4ccccc4c(-c4ccc5ccccc5c4)c3c2)OC1(C)C.CC1(C)OB(c2cccc(-c3ccc4c(-c5ccc6ccccc6c5)c5ccccc5c(-c5ccc6ccccc6c5)c4c3)c2)OC1(C)C. The maximum absolute atomic E-state index is 6.53. The Balaban J connectivity index is 0.000000113. The molecule has 2 aliphatic heterocycles. The molecular formula is C126H95B2BrO4. The van der Waals surface area contributed by atoms with Gasteiger partial charge in [-0.1, -0.05) is 386 Å². The molecule has 0 bridgehead atoms. The standard InChI is InChI=1S/C46H37BO2.C40H33BO2.C40H25Br/c1-45(2)46(3,4)49-47(48-45)38-17-11-16-34(28-38)35-24-25-41-42(29-35)44(37-23-21-31-13-6-8-15-33(31)27-37)40-19-10-9-18-39(40)43(41)36-22-20-30-12-5-7-14-32(30)26-36;1-39(2)40(3,4)43-41(42-39)32-21-22-35-36(25-32)38(31-20-18-27-12-6-8-14-29(27)24-31)34-16-10-9-15-33(34)37(35)30-19-17-26-11-5-7-13-28(26)23-30;41-34-13-7-12-30(24-34)31-20-21-37-38(25-31)40(33-19-17-27-9-2-4-11-29(27)23-33)36-15-6-5-14-35(36)39(37)32-18-16-26-8-1-3-10-28(26)22-32/h5-29H,1-4H3;5-25H,1-4H3;1-25H. The van der Waals surface area contributed by atoms with Gasteiger partial charge in [-0.2, -0.15) is 0 Å². The molecule has 7 heteroatoms. The zero-order valence-corrected chi connectivity index (χ0v) is 77.2. The highest BCUT2D eigenvalue weighted by molar-refractivity contribution is 9.10. The first-order chi connectivity index (χ1) is 64.8. The van der Waals surface area contributed by atoms with Gasteiger partial charge in [0.15, 0.2) is 0 Å². The van der Waals surface area contributed by atoms with E-state index in [0.717, 1.165) is 26.5 Å². The van der Waals surface area contributed by atoms with E-state index in [0.29, 0.717) is 0 Å². The van der Waals surface area contributed by atoms with Crippen molar-refractivity contribution in [1.29, 1.82) is 0 Å². The van der Waals surface area contributed by atoms with Gasteiger partial charge in [-0.15, -0.1) is 0 Å². The molecule has 0 aliphatic carbocycles. The fourth-order valence-electron chi connectivity index (χ4n) is 20.5. The highest BCUT2D eigenvalue weighted by Gasteiger charge is 2.53. The van der Waals surface area contributed by atoms with E-state index in [1.165, 1.54) is 207 Å². The lowest BCUT2D eigenvalue weighted by Crippen LogP contribution is -2.41. The Hall–Kier alpha value is -14.4. The van der Waals surface area contributed by atoms with Gasteiger partial charge in [-0.25, -0.2) is 0 Å². The van der Waals surface area contributed by atoms with Crippen molar-refractivity contribution in [3.8, 4) is 89.0 Å². The molecule has 0 aromatic heterocycles. The molecule has 23 aromatic rings. The van der Waals surface area contributed by atoms with Gasteiger partial charge < -0.3 is 18.6 Å². The van der Waals surface area contributed by atoms with Gasteiger partial charge >= 0.3 is 14.2 Å². The van der Waals surface area contributed by atoms with Crippen LogP contribution in [0, 0.1) is 0 Å². The summed E-state index contributed by atoms with van der Waals surface area (Å²) in [6.45, 7) is 16.9. The molecule has 0 N–H and O–H groups in total. The molecule has 0 amide bonds. The van der Waals surface area contributed by atoms with Crippen LogP contribution in [0.4, 0.5) is 0 Å². The molecule has 0 saturated carbocycles. The Bertz CT molecular complexity index is 8630. The van der Waals surface area contributed by atoms with Crippen LogP contribution in [0.25, 0.3) is 218 Å². The average molecular weight is 1770 g/mol. The molecule has 2 fully saturated rings. The molecule has 2 saturated heterocycles. The summed E-state index contributed by atoms with van der Waals surface area (Å²) in [5.41, 5.74) is 20.1. The van der Waals surface area contributed by atoms with E-state index in [-0.39, 0.29) is 0 Å². The number of halogens is 1. The van der Waals surface area contributed by atoms with Crippen molar-refractivity contribution in [2.24, 2.45) is 0 Å². The zero-order chi connectivity index (χ0) is 90.0. The summed E-state index contributed by atoms with van der Waals surface area (Å²) in [4.78, 5) is 0. The summed E-state index contributed by atoms with van der Waals surface area (Å²) in [6.07, 6.45) is 0. The summed E-state index contributed by atoms with van der Waals surface area (Å²) in [5, 5.41) is 29.9. The molecule has 0 unspecified atom stereocenters. The lowest BCUT2D eigenvalue weighted by atomic mass is 9.76. The van der Waals surface area contributed by atoms with Crippen LogP contribution >= 0.6 is 15.9 Å². The second kappa shape index (κ2) is 33.2. The third-order valence-electron chi connectivity index (χ3n) is 28.8. The van der Waals surface area contributed by atoms with Gasteiger partial charge in [0, 0.05) is 4.47 Å². The molecule has 0 atom stereocenters. The van der Waals surface area contributed by atoms with Gasteiger partial charge in [-0.3, -0.25) is 0 Å². The molecule has 0 radical (unpaired) electrons. The van der Waals surface area contributed by atoms with Crippen molar-refractivity contribution in [2.75, 3.05) is 0 Å². The molecular weight excluding hydrogens is 1680 g/mol. The summed E-state index contributed by atoms with van der Waals surface area (Å²) in [6, 6.07) is 157. The smallest absolute Gasteiger partial charge is 0.399 e. The fraction of sp³-hybridized carbons (Fsp3) is 0.0952. The Morgan fingerprint density at radius 1 is 0.158 bits per heavy atom. The maximum Gasteiger partial charge on any atom is 0.494 e. The third-order valence-corrected chi connectivity index (χ3v) is 29.2. The summed E-state index contributed by atoms with van der Waals surface area (Å²) >= 11 is 3.68. The van der Waals surface area contributed by atoms with Gasteiger partial charge in [0.05, 0.1) is 22.4 Å². The quantitative estimate of drug-likeness (QED) is 0.101. The van der Waals surface area contributed by atoms with Crippen LogP contribution in [0.3, 0.4) is 0 Å². The Morgan fingerprint density at radius 2 is 0.368 bits per heavy atom. The second-order valence-corrected chi connectivity index (χ2v) is 38.8. The van der Waals surface area contributed by atoms with E-state index < -0.39 is 36.6 Å².